The standard InChI is InChI=1S/C24H29N5O3/c1-27(2)24-25-12-18(13-26-24)23-20-7-5-4-6-17(20)8-9-21(23)32-16-19(30)14-29-11-10-28(3)22(31)15-29/h4-9,12-13,19,30H,10-11,14-16H2,1-3H3. The fourth-order valence-corrected chi connectivity index (χ4v) is 3.85. The number of anilines is 1. The van der Waals surface area contributed by atoms with E-state index in [0.29, 0.717) is 31.3 Å². The third-order valence-electron chi connectivity index (χ3n) is 5.65. The van der Waals surface area contributed by atoms with Gasteiger partial charge in [0.15, 0.2) is 0 Å². The molecule has 168 valence electrons. The number of β-amino-alcohol motifs (C(OH)–C–C–N with tert-alkyl or cyclic N) is 1. The van der Waals surface area contributed by atoms with Gasteiger partial charge in [-0.05, 0) is 16.8 Å². The van der Waals surface area contributed by atoms with Crippen molar-refractivity contribution in [3.8, 4) is 16.9 Å². The molecule has 1 amide bonds. The number of aliphatic hydroxyl groups is 1. The molecule has 1 N–H and O–H groups in total. The first-order valence-electron chi connectivity index (χ1n) is 10.7. The molecule has 1 fully saturated rings. The van der Waals surface area contributed by atoms with Crippen LogP contribution >= 0.6 is 0 Å². The number of piperazine rings is 1. The van der Waals surface area contributed by atoms with Crippen LogP contribution in [0.5, 0.6) is 5.75 Å². The van der Waals surface area contributed by atoms with Crippen molar-refractivity contribution in [3.05, 3.63) is 48.8 Å². The molecule has 0 bridgehead atoms. The second kappa shape index (κ2) is 9.50. The van der Waals surface area contributed by atoms with Crippen LogP contribution < -0.4 is 9.64 Å². The van der Waals surface area contributed by atoms with Crippen LogP contribution in [0.4, 0.5) is 5.95 Å². The molecule has 1 aromatic heterocycles. The van der Waals surface area contributed by atoms with Gasteiger partial charge >= 0.3 is 0 Å². The average Bonchev–Trinajstić information content (AvgIpc) is 2.79. The fourth-order valence-electron chi connectivity index (χ4n) is 3.85. The first-order chi connectivity index (χ1) is 15.4. The minimum absolute atomic E-state index is 0.0716. The lowest BCUT2D eigenvalue weighted by Crippen LogP contribution is -2.51. The van der Waals surface area contributed by atoms with Gasteiger partial charge in [-0.2, -0.15) is 0 Å². The van der Waals surface area contributed by atoms with E-state index < -0.39 is 6.10 Å². The number of nitrogens with zero attached hydrogens (tertiary/aromatic N) is 5. The smallest absolute Gasteiger partial charge is 0.236 e. The normalized spacial score (nSPS) is 15.8. The predicted molar refractivity (Wildman–Crippen MR) is 125 cm³/mol. The number of benzene rings is 2. The molecule has 2 aromatic carbocycles. The van der Waals surface area contributed by atoms with E-state index in [1.54, 1.807) is 24.3 Å². The van der Waals surface area contributed by atoms with Gasteiger partial charge in [-0.1, -0.05) is 30.3 Å². The zero-order valence-electron chi connectivity index (χ0n) is 18.7. The molecule has 1 atom stereocenters. The Bertz CT molecular complexity index is 1090. The molecule has 1 aliphatic rings. The SMILES string of the molecule is CN1CCN(CC(O)COc2ccc3ccccc3c2-c2cnc(N(C)C)nc2)CC1=O. The molecular formula is C24H29N5O3. The summed E-state index contributed by atoms with van der Waals surface area (Å²) >= 11 is 0. The zero-order valence-corrected chi connectivity index (χ0v) is 18.7. The minimum Gasteiger partial charge on any atom is -0.490 e. The summed E-state index contributed by atoms with van der Waals surface area (Å²) in [4.78, 5) is 26.4. The Hall–Kier alpha value is -3.23. The van der Waals surface area contributed by atoms with E-state index in [1.807, 2.05) is 54.2 Å². The quantitative estimate of drug-likeness (QED) is 0.607. The Balaban J connectivity index is 1.54. The molecule has 8 heteroatoms. The monoisotopic (exact) mass is 435 g/mol. The molecule has 3 aromatic rings. The van der Waals surface area contributed by atoms with Crippen LogP contribution in [-0.2, 0) is 4.79 Å². The summed E-state index contributed by atoms with van der Waals surface area (Å²) in [5.41, 5.74) is 1.75. The maximum Gasteiger partial charge on any atom is 0.236 e. The van der Waals surface area contributed by atoms with Gasteiger partial charge in [-0.25, -0.2) is 9.97 Å². The van der Waals surface area contributed by atoms with E-state index in [-0.39, 0.29) is 12.5 Å². The van der Waals surface area contributed by atoms with Crippen molar-refractivity contribution in [2.75, 3.05) is 58.8 Å². The van der Waals surface area contributed by atoms with Crippen molar-refractivity contribution in [2.24, 2.45) is 0 Å². The molecule has 0 aliphatic carbocycles. The molecule has 0 saturated carbocycles. The van der Waals surface area contributed by atoms with Crippen molar-refractivity contribution in [3.63, 3.8) is 0 Å². The number of carbonyl (C=O) groups excluding carboxylic acids is 1. The molecule has 2 heterocycles. The number of likely N-dealkylation sites (N-methyl/N-ethyl adjacent to an activating group) is 1. The van der Waals surface area contributed by atoms with Crippen LogP contribution in [0.25, 0.3) is 21.9 Å². The van der Waals surface area contributed by atoms with Gasteiger partial charge in [-0.15, -0.1) is 0 Å². The number of fused-ring (bicyclic) bond motifs is 1. The Morgan fingerprint density at radius 2 is 1.88 bits per heavy atom. The Labute approximate surface area is 188 Å². The first kappa shape index (κ1) is 22.0. The third kappa shape index (κ3) is 4.81. The van der Waals surface area contributed by atoms with E-state index in [9.17, 15) is 9.90 Å². The van der Waals surface area contributed by atoms with Crippen LogP contribution in [0.1, 0.15) is 0 Å². The highest BCUT2D eigenvalue weighted by Gasteiger charge is 2.23. The van der Waals surface area contributed by atoms with Crippen LogP contribution in [0, 0.1) is 0 Å². The number of aliphatic hydroxyl groups excluding tert-OH is 1. The maximum absolute atomic E-state index is 11.9. The van der Waals surface area contributed by atoms with Crippen LogP contribution in [0.3, 0.4) is 0 Å². The molecule has 1 unspecified atom stereocenters. The van der Waals surface area contributed by atoms with Crippen LogP contribution in [0.2, 0.25) is 0 Å². The number of carbonyl (C=O) groups is 1. The van der Waals surface area contributed by atoms with Crippen molar-refractivity contribution in [1.82, 2.24) is 19.8 Å². The molecule has 0 radical (unpaired) electrons. The van der Waals surface area contributed by atoms with Crippen molar-refractivity contribution in [2.45, 2.75) is 6.10 Å². The summed E-state index contributed by atoms with van der Waals surface area (Å²) in [6.07, 6.45) is 2.88. The van der Waals surface area contributed by atoms with Gasteiger partial charge in [0.1, 0.15) is 18.5 Å². The Morgan fingerprint density at radius 3 is 2.59 bits per heavy atom. The van der Waals surface area contributed by atoms with E-state index in [0.717, 1.165) is 28.4 Å². The number of aromatic nitrogens is 2. The molecule has 1 saturated heterocycles. The number of rotatable bonds is 7. The van der Waals surface area contributed by atoms with Crippen molar-refractivity contribution >= 4 is 22.6 Å². The number of ether oxygens (including phenoxy) is 1. The predicted octanol–water partition coefficient (Wildman–Crippen LogP) is 1.88. The highest BCUT2D eigenvalue weighted by atomic mass is 16.5. The highest BCUT2D eigenvalue weighted by molar-refractivity contribution is 5.99. The summed E-state index contributed by atoms with van der Waals surface area (Å²) in [6, 6.07) is 12.0. The summed E-state index contributed by atoms with van der Waals surface area (Å²) in [5, 5.41) is 12.7. The summed E-state index contributed by atoms with van der Waals surface area (Å²) < 4.78 is 6.09. The van der Waals surface area contributed by atoms with Gasteiger partial charge in [0.25, 0.3) is 0 Å². The second-order valence-corrected chi connectivity index (χ2v) is 8.34. The highest BCUT2D eigenvalue weighted by Crippen LogP contribution is 2.37. The third-order valence-corrected chi connectivity index (χ3v) is 5.65. The molecule has 1 aliphatic heterocycles. The van der Waals surface area contributed by atoms with Crippen LogP contribution in [0.15, 0.2) is 48.8 Å². The van der Waals surface area contributed by atoms with E-state index in [4.69, 9.17) is 4.74 Å². The lowest BCUT2D eigenvalue weighted by molar-refractivity contribution is -0.135. The average molecular weight is 436 g/mol. The lowest BCUT2D eigenvalue weighted by atomic mass is 9.99. The topological polar surface area (TPSA) is 82.0 Å². The van der Waals surface area contributed by atoms with E-state index >= 15 is 0 Å². The summed E-state index contributed by atoms with van der Waals surface area (Å²) in [6.45, 7) is 2.26. The molecule has 8 nitrogen and oxygen atoms in total. The van der Waals surface area contributed by atoms with Gasteiger partial charge < -0.3 is 19.6 Å². The molecule has 4 rings (SSSR count). The van der Waals surface area contributed by atoms with Crippen molar-refractivity contribution in [1.29, 1.82) is 0 Å². The second-order valence-electron chi connectivity index (χ2n) is 8.34. The molecule has 32 heavy (non-hydrogen) atoms. The lowest BCUT2D eigenvalue weighted by Gasteiger charge is -2.33. The summed E-state index contributed by atoms with van der Waals surface area (Å²) in [5.74, 6) is 1.37. The van der Waals surface area contributed by atoms with Gasteiger partial charge in [0.2, 0.25) is 11.9 Å². The van der Waals surface area contributed by atoms with E-state index in [2.05, 4.69) is 16.0 Å². The van der Waals surface area contributed by atoms with E-state index in [1.165, 1.54) is 0 Å². The van der Waals surface area contributed by atoms with Gasteiger partial charge in [0, 0.05) is 64.3 Å². The Kier molecular flexibility index (Phi) is 6.53. The maximum atomic E-state index is 11.9. The number of hydrogen-bond donors (Lipinski definition) is 1. The summed E-state index contributed by atoms with van der Waals surface area (Å²) in [7, 11) is 5.60. The fraction of sp³-hybridized carbons (Fsp3) is 0.375. The minimum atomic E-state index is -0.710. The first-order valence-corrected chi connectivity index (χ1v) is 10.7. The van der Waals surface area contributed by atoms with Crippen LogP contribution in [-0.4, -0.2) is 90.8 Å². The van der Waals surface area contributed by atoms with Crippen molar-refractivity contribution < 1.29 is 14.6 Å². The zero-order chi connectivity index (χ0) is 22.7. The van der Waals surface area contributed by atoms with Gasteiger partial charge in [-0.3, -0.25) is 9.69 Å². The number of hydrogen-bond acceptors (Lipinski definition) is 7. The molecule has 0 spiro atoms. The molecular weight excluding hydrogens is 406 g/mol. The number of amides is 1. The largest absolute Gasteiger partial charge is 0.490 e. The Morgan fingerprint density at radius 1 is 1.12 bits per heavy atom. The van der Waals surface area contributed by atoms with Gasteiger partial charge in [0.05, 0.1) is 6.54 Å².